The Hall–Kier alpha value is -2.64. The van der Waals surface area contributed by atoms with Crippen molar-refractivity contribution >= 4 is 17.6 Å². The van der Waals surface area contributed by atoms with Crippen LogP contribution in [-0.2, 0) is 20.7 Å². The normalized spacial score (nSPS) is 10.7. The van der Waals surface area contributed by atoms with E-state index in [0.29, 0.717) is 16.9 Å². The molecular weight excluding hydrogens is 290 g/mol. The van der Waals surface area contributed by atoms with Crippen LogP contribution in [0.2, 0.25) is 0 Å². The van der Waals surface area contributed by atoms with Crippen molar-refractivity contribution in [2.75, 3.05) is 13.2 Å². The SMILES string of the molecule is CCOC(=O)Cc1c(C)nc2cc(C(=O)OCC)nn2c1O. The van der Waals surface area contributed by atoms with Crippen LogP contribution >= 0.6 is 0 Å². The maximum Gasteiger partial charge on any atom is 0.358 e. The first-order valence-electron chi connectivity index (χ1n) is 6.88. The Morgan fingerprint density at radius 3 is 2.59 bits per heavy atom. The highest BCUT2D eigenvalue weighted by atomic mass is 16.5. The van der Waals surface area contributed by atoms with Crippen LogP contribution < -0.4 is 0 Å². The summed E-state index contributed by atoms with van der Waals surface area (Å²) < 4.78 is 10.8. The second-order valence-corrected chi connectivity index (χ2v) is 4.50. The number of ether oxygens (including phenoxy) is 2. The zero-order valence-corrected chi connectivity index (χ0v) is 12.6. The highest BCUT2D eigenvalue weighted by Crippen LogP contribution is 2.22. The molecule has 0 aliphatic heterocycles. The molecule has 118 valence electrons. The number of aryl methyl sites for hydroxylation is 1. The monoisotopic (exact) mass is 307 g/mol. The Morgan fingerprint density at radius 1 is 1.27 bits per heavy atom. The first-order valence-corrected chi connectivity index (χ1v) is 6.88. The molecule has 0 amide bonds. The smallest absolute Gasteiger partial charge is 0.358 e. The second kappa shape index (κ2) is 6.42. The third-order valence-electron chi connectivity index (χ3n) is 2.99. The number of hydrogen-bond acceptors (Lipinski definition) is 7. The molecule has 22 heavy (non-hydrogen) atoms. The molecule has 0 aliphatic rings. The van der Waals surface area contributed by atoms with Crippen molar-refractivity contribution in [1.29, 1.82) is 0 Å². The summed E-state index contributed by atoms with van der Waals surface area (Å²) in [6.45, 7) is 5.52. The molecule has 2 aromatic rings. The van der Waals surface area contributed by atoms with Gasteiger partial charge in [0.15, 0.2) is 11.3 Å². The molecule has 8 nitrogen and oxygen atoms in total. The van der Waals surface area contributed by atoms with Crippen LogP contribution in [0.1, 0.15) is 35.6 Å². The zero-order valence-electron chi connectivity index (χ0n) is 12.6. The maximum absolute atomic E-state index is 11.7. The van der Waals surface area contributed by atoms with Gasteiger partial charge in [0.25, 0.3) is 0 Å². The van der Waals surface area contributed by atoms with Gasteiger partial charge in [-0.05, 0) is 20.8 Å². The van der Waals surface area contributed by atoms with Crippen LogP contribution in [0.4, 0.5) is 0 Å². The summed E-state index contributed by atoms with van der Waals surface area (Å²) in [6, 6.07) is 1.42. The molecule has 0 saturated heterocycles. The van der Waals surface area contributed by atoms with E-state index in [1.165, 1.54) is 6.07 Å². The van der Waals surface area contributed by atoms with Gasteiger partial charge in [-0.3, -0.25) is 4.79 Å². The summed E-state index contributed by atoms with van der Waals surface area (Å²) >= 11 is 0. The van der Waals surface area contributed by atoms with Crippen molar-refractivity contribution < 1.29 is 24.2 Å². The van der Waals surface area contributed by atoms with Gasteiger partial charge in [-0.2, -0.15) is 9.61 Å². The summed E-state index contributed by atoms with van der Waals surface area (Å²) in [5, 5.41) is 14.2. The highest BCUT2D eigenvalue weighted by Gasteiger charge is 2.20. The number of hydrogen-bond donors (Lipinski definition) is 1. The predicted molar refractivity (Wildman–Crippen MR) is 75.7 cm³/mol. The summed E-state index contributed by atoms with van der Waals surface area (Å²) in [6.07, 6.45) is -0.122. The van der Waals surface area contributed by atoms with Crippen molar-refractivity contribution in [1.82, 2.24) is 14.6 Å². The van der Waals surface area contributed by atoms with Gasteiger partial charge >= 0.3 is 11.9 Å². The zero-order chi connectivity index (χ0) is 16.3. The molecule has 0 aromatic carbocycles. The minimum Gasteiger partial charge on any atom is -0.493 e. The Balaban J connectivity index is 2.43. The van der Waals surface area contributed by atoms with E-state index in [1.54, 1.807) is 20.8 Å². The van der Waals surface area contributed by atoms with Crippen LogP contribution in [0.5, 0.6) is 5.88 Å². The number of esters is 2. The standard InChI is InChI=1S/C14H17N3O5/c1-4-21-12(18)6-9-8(3)15-11-7-10(14(20)22-5-2)16-17(11)13(9)19/h7,19H,4-6H2,1-3H3. The Kier molecular flexibility index (Phi) is 4.59. The molecule has 0 spiro atoms. The fourth-order valence-corrected chi connectivity index (χ4v) is 2.00. The van der Waals surface area contributed by atoms with Crippen LogP contribution in [0.15, 0.2) is 6.07 Å². The topological polar surface area (TPSA) is 103 Å². The van der Waals surface area contributed by atoms with E-state index in [0.717, 1.165) is 4.52 Å². The lowest BCUT2D eigenvalue weighted by atomic mass is 10.1. The summed E-state index contributed by atoms with van der Waals surface area (Å²) in [5.74, 6) is -1.32. The van der Waals surface area contributed by atoms with Crippen LogP contribution in [0.3, 0.4) is 0 Å². The fraction of sp³-hybridized carbons (Fsp3) is 0.429. The van der Waals surface area contributed by atoms with Crippen LogP contribution in [0, 0.1) is 6.92 Å². The summed E-state index contributed by atoms with van der Waals surface area (Å²) in [5.41, 5.74) is 1.11. The van der Waals surface area contributed by atoms with Gasteiger partial charge in [-0.1, -0.05) is 0 Å². The van der Waals surface area contributed by atoms with Crippen molar-refractivity contribution in [2.24, 2.45) is 0 Å². The lowest BCUT2D eigenvalue weighted by molar-refractivity contribution is -0.142. The molecule has 0 unspecified atom stereocenters. The van der Waals surface area contributed by atoms with Crippen LogP contribution in [-0.4, -0.2) is 44.9 Å². The number of carbonyl (C=O) groups is 2. The largest absolute Gasteiger partial charge is 0.493 e. The van der Waals surface area contributed by atoms with E-state index < -0.39 is 11.9 Å². The van der Waals surface area contributed by atoms with Gasteiger partial charge in [0.05, 0.1) is 19.6 Å². The molecule has 0 bridgehead atoms. The van der Waals surface area contributed by atoms with Crippen molar-refractivity contribution in [3.05, 3.63) is 23.0 Å². The summed E-state index contributed by atoms with van der Waals surface area (Å²) in [4.78, 5) is 27.5. The molecule has 1 N–H and O–H groups in total. The third-order valence-corrected chi connectivity index (χ3v) is 2.99. The van der Waals surface area contributed by atoms with E-state index in [-0.39, 0.29) is 31.2 Å². The lowest BCUT2D eigenvalue weighted by Gasteiger charge is -2.08. The molecule has 2 heterocycles. The minimum absolute atomic E-state index is 0.0392. The molecule has 0 aliphatic carbocycles. The maximum atomic E-state index is 11.7. The minimum atomic E-state index is -0.600. The molecule has 2 aromatic heterocycles. The van der Waals surface area contributed by atoms with Crippen LogP contribution in [0.25, 0.3) is 5.65 Å². The van der Waals surface area contributed by atoms with Gasteiger partial charge in [0, 0.05) is 17.3 Å². The Morgan fingerprint density at radius 2 is 1.95 bits per heavy atom. The lowest BCUT2D eigenvalue weighted by Crippen LogP contribution is -2.11. The van der Waals surface area contributed by atoms with Crippen molar-refractivity contribution in [3.63, 3.8) is 0 Å². The molecule has 0 radical (unpaired) electrons. The number of rotatable bonds is 5. The molecule has 0 saturated carbocycles. The van der Waals surface area contributed by atoms with Crippen molar-refractivity contribution in [3.8, 4) is 5.88 Å². The number of nitrogens with zero attached hydrogens (tertiary/aromatic N) is 3. The molecule has 2 rings (SSSR count). The average Bonchev–Trinajstić information content (AvgIpc) is 2.88. The number of aromatic hydroxyl groups is 1. The molecule has 0 fully saturated rings. The number of carbonyl (C=O) groups excluding carboxylic acids is 2. The first kappa shape index (κ1) is 15.7. The summed E-state index contributed by atoms with van der Waals surface area (Å²) in [7, 11) is 0. The second-order valence-electron chi connectivity index (χ2n) is 4.50. The third kappa shape index (κ3) is 3.00. The Labute approximate surface area is 126 Å². The van der Waals surface area contributed by atoms with Gasteiger partial charge in [-0.15, -0.1) is 0 Å². The molecular formula is C14H17N3O5. The average molecular weight is 307 g/mol. The van der Waals surface area contributed by atoms with Gasteiger partial charge in [0.2, 0.25) is 5.88 Å². The number of aromatic nitrogens is 3. The van der Waals surface area contributed by atoms with Gasteiger partial charge in [0.1, 0.15) is 0 Å². The van der Waals surface area contributed by atoms with E-state index in [4.69, 9.17) is 9.47 Å². The molecule has 0 atom stereocenters. The first-order chi connectivity index (χ1) is 10.5. The van der Waals surface area contributed by atoms with Crippen molar-refractivity contribution in [2.45, 2.75) is 27.2 Å². The number of fused-ring (bicyclic) bond motifs is 1. The quantitative estimate of drug-likeness (QED) is 0.823. The highest BCUT2D eigenvalue weighted by molar-refractivity contribution is 5.88. The predicted octanol–water partition coefficient (Wildman–Crippen LogP) is 1.03. The van der Waals surface area contributed by atoms with Gasteiger partial charge < -0.3 is 14.6 Å². The Bertz CT molecular complexity index is 723. The van der Waals surface area contributed by atoms with E-state index >= 15 is 0 Å². The van der Waals surface area contributed by atoms with E-state index in [2.05, 4.69) is 10.1 Å². The molecule has 8 heteroatoms. The fourth-order valence-electron chi connectivity index (χ4n) is 2.00. The van der Waals surface area contributed by atoms with E-state index in [1.807, 2.05) is 0 Å². The van der Waals surface area contributed by atoms with Gasteiger partial charge in [-0.25, -0.2) is 9.78 Å². The van der Waals surface area contributed by atoms with E-state index in [9.17, 15) is 14.7 Å².